The largest absolute Gasteiger partial charge is 0.457 e. The lowest BCUT2D eigenvalue weighted by molar-refractivity contribution is 0.470. The van der Waals surface area contributed by atoms with Crippen LogP contribution in [0.5, 0.6) is 11.5 Å². The van der Waals surface area contributed by atoms with E-state index in [1.807, 2.05) is 50.2 Å². The molecule has 0 spiro atoms. The molecular weight excluding hydrogens is 338 g/mol. The monoisotopic (exact) mass is 353 g/mol. The Morgan fingerprint density at radius 2 is 1.95 bits per heavy atom. The van der Waals surface area contributed by atoms with Gasteiger partial charge in [0, 0.05) is 15.5 Å². The van der Waals surface area contributed by atoms with Gasteiger partial charge in [0.2, 0.25) is 0 Å². The van der Waals surface area contributed by atoms with E-state index in [-0.39, 0.29) is 6.04 Å². The first-order valence-electron chi connectivity index (χ1n) is 6.43. The van der Waals surface area contributed by atoms with E-state index in [0.29, 0.717) is 5.02 Å². The van der Waals surface area contributed by atoms with Crippen molar-refractivity contribution in [3.05, 3.63) is 57.0 Å². The molecule has 0 aliphatic heterocycles. The van der Waals surface area contributed by atoms with Crippen molar-refractivity contribution in [2.24, 2.45) is 5.73 Å². The highest BCUT2D eigenvalue weighted by molar-refractivity contribution is 9.10. The van der Waals surface area contributed by atoms with Crippen LogP contribution in [0.4, 0.5) is 0 Å². The van der Waals surface area contributed by atoms with Crippen molar-refractivity contribution >= 4 is 27.5 Å². The fourth-order valence-corrected chi connectivity index (χ4v) is 2.53. The molecule has 1 atom stereocenters. The molecule has 2 aromatic rings. The van der Waals surface area contributed by atoms with E-state index in [0.717, 1.165) is 33.5 Å². The van der Waals surface area contributed by atoms with Crippen LogP contribution in [0.25, 0.3) is 0 Å². The van der Waals surface area contributed by atoms with E-state index in [4.69, 9.17) is 22.1 Å². The minimum absolute atomic E-state index is 0.0760. The van der Waals surface area contributed by atoms with E-state index in [2.05, 4.69) is 15.9 Å². The lowest BCUT2D eigenvalue weighted by Gasteiger charge is -2.15. The molecule has 0 fully saturated rings. The standard InChI is InChI=1S/C16H17BrClNO/c1-10-3-5-14(18)9-16(10)20-15-6-4-13(17)8-12(15)7-11(2)19/h3-6,8-9,11H,7,19H2,1-2H3. The molecule has 2 aromatic carbocycles. The molecule has 2 nitrogen and oxygen atoms in total. The van der Waals surface area contributed by atoms with Gasteiger partial charge in [0.25, 0.3) is 0 Å². The van der Waals surface area contributed by atoms with Crippen molar-refractivity contribution in [1.82, 2.24) is 0 Å². The Morgan fingerprint density at radius 1 is 1.20 bits per heavy atom. The van der Waals surface area contributed by atoms with Gasteiger partial charge in [-0.1, -0.05) is 33.6 Å². The second-order valence-corrected chi connectivity index (χ2v) is 6.30. The zero-order valence-corrected chi connectivity index (χ0v) is 13.8. The van der Waals surface area contributed by atoms with Crippen LogP contribution in [0.1, 0.15) is 18.1 Å². The molecule has 106 valence electrons. The third-order valence-electron chi connectivity index (χ3n) is 2.93. The van der Waals surface area contributed by atoms with Crippen molar-refractivity contribution in [2.45, 2.75) is 26.3 Å². The maximum Gasteiger partial charge on any atom is 0.131 e. The molecule has 0 heterocycles. The maximum atomic E-state index is 6.02. The Bertz CT molecular complexity index is 613. The molecule has 2 rings (SSSR count). The third kappa shape index (κ3) is 3.98. The number of benzene rings is 2. The number of nitrogens with two attached hydrogens (primary N) is 1. The van der Waals surface area contributed by atoms with Crippen LogP contribution in [0.2, 0.25) is 5.02 Å². The molecule has 0 amide bonds. The van der Waals surface area contributed by atoms with Crippen LogP contribution in [-0.2, 0) is 6.42 Å². The molecule has 1 unspecified atom stereocenters. The van der Waals surface area contributed by atoms with Gasteiger partial charge in [0.15, 0.2) is 0 Å². The second-order valence-electron chi connectivity index (χ2n) is 4.95. The van der Waals surface area contributed by atoms with Crippen LogP contribution in [0, 0.1) is 6.92 Å². The summed E-state index contributed by atoms with van der Waals surface area (Å²) in [4.78, 5) is 0. The first kappa shape index (κ1) is 15.4. The summed E-state index contributed by atoms with van der Waals surface area (Å²) in [6.07, 6.45) is 0.758. The molecule has 0 aromatic heterocycles. The average molecular weight is 355 g/mol. The molecule has 0 aliphatic carbocycles. The average Bonchev–Trinajstić information content (AvgIpc) is 2.36. The maximum absolute atomic E-state index is 6.02. The van der Waals surface area contributed by atoms with Crippen molar-refractivity contribution in [1.29, 1.82) is 0 Å². The van der Waals surface area contributed by atoms with Crippen LogP contribution in [0.3, 0.4) is 0 Å². The Hall–Kier alpha value is -1.03. The Labute approximate surface area is 133 Å². The third-order valence-corrected chi connectivity index (χ3v) is 3.66. The van der Waals surface area contributed by atoms with Crippen LogP contribution in [-0.4, -0.2) is 6.04 Å². The van der Waals surface area contributed by atoms with Crippen LogP contribution >= 0.6 is 27.5 Å². The molecule has 0 saturated heterocycles. The highest BCUT2D eigenvalue weighted by Crippen LogP contribution is 2.32. The fraction of sp³-hybridized carbons (Fsp3) is 0.250. The Balaban J connectivity index is 2.35. The quantitative estimate of drug-likeness (QED) is 0.829. The number of hydrogen-bond acceptors (Lipinski definition) is 2. The van der Waals surface area contributed by atoms with Gasteiger partial charge in [0.05, 0.1) is 0 Å². The summed E-state index contributed by atoms with van der Waals surface area (Å²) in [5, 5.41) is 0.663. The minimum atomic E-state index is 0.0760. The van der Waals surface area contributed by atoms with E-state index >= 15 is 0 Å². The van der Waals surface area contributed by atoms with Gasteiger partial charge in [-0.05, 0) is 61.7 Å². The molecular formula is C16H17BrClNO. The van der Waals surface area contributed by atoms with Crippen LogP contribution in [0.15, 0.2) is 40.9 Å². The lowest BCUT2D eigenvalue weighted by atomic mass is 10.1. The van der Waals surface area contributed by atoms with Crippen molar-refractivity contribution in [2.75, 3.05) is 0 Å². The number of aryl methyl sites for hydroxylation is 1. The molecule has 20 heavy (non-hydrogen) atoms. The zero-order valence-electron chi connectivity index (χ0n) is 11.5. The summed E-state index contributed by atoms with van der Waals surface area (Å²) >= 11 is 9.51. The highest BCUT2D eigenvalue weighted by Gasteiger charge is 2.10. The number of hydrogen-bond donors (Lipinski definition) is 1. The first-order chi connectivity index (χ1) is 9.45. The summed E-state index contributed by atoms with van der Waals surface area (Å²) < 4.78 is 7.03. The van der Waals surface area contributed by atoms with Gasteiger partial charge in [0.1, 0.15) is 11.5 Å². The predicted molar refractivity (Wildman–Crippen MR) is 87.8 cm³/mol. The van der Waals surface area contributed by atoms with Gasteiger partial charge in [-0.2, -0.15) is 0 Å². The van der Waals surface area contributed by atoms with E-state index in [1.54, 1.807) is 0 Å². The smallest absolute Gasteiger partial charge is 0.131 e. The lowest BCUT2D eigenvalue weighted by Crippen LogP contribution is -2.18. The molecule has 0 bridgehead atoms. The summed E-state index contributed by atoms with van der Waals surface area (Å²) in [5.41, 5.74) is 8.02. The molecule has 0 aliphatic rings. The normalized spacial score (nSPS) is 12.2. The first-order valence-corrected chi connectivity index (χ1v) is 7.61. The number of halogens is 2. The highest BCUT2D eigenvalue weighted by atomic mass is 79.9. The number of ether oxygens (including phenoxy) is 1. The van der Waals surface area contributed by atoms with Crippen molar-refractivity contribution in [3.8, 4) is 11.5 Å². The van der Waals surface area contributed by atoms with Gasteiger partial charge in [-0.15, -0.1) is 0 Å². The minimum Gasteiger partial charge on any atom is -0.457 e. The summed E-state index contributed by atoms with van der Waals surface area (Å²) in [7, 11) is 0. The van der Waals surface area contributed by atoms with Gasteiger partial charge < -0.3 is 10.5 Å². The SMILES string of the molecule is Cc1ccc(Cl)cc1Oc1ccc(Br)cc1CC(C)N. The second kappa shape index (κ2) is 6.61. The molecule has 2 N–H and O–H groups in total. The number of rotatable bonds is 4. The molecule has 0 radical (unpaired) electrons. The zero-order chi connectivity index (χ0) is 14.7. The summed E-state index contributed by atoms with van der Waals surface area (Å²) in [6.45, 7) is 3.98. The Kier molecular flexibility index (Phi) is 5.08. The van der Waals surface area contributed by atoms with Gasteiger partial charge in [-0.3, -0.25) is 0 Å². The van der Waals surface area contributed by atoms with E-state index < -0.39 is 0 Å². The van der Waals surface area contributed by atoms with Crippen molar-refractivity contribution < 1.29 is 4.74 Å². The van der Waals surface area contributed by atoms with Gasteiger partial charge >= 0.3 is 0 Å². The topological polar surface area (TPSA) is 35.2 Å². The molecule has 4 heteroatoms. The Morgan fingerprint density at radius 3 is 2.65 bits per heavy atom. The van der Waals surface area contributed by atoms with Crippen molar-refractivity contribution in [3.63, 3.8) is 0 Å². The van der Waals surface area contributed by atoms with Gasteiger partial charge in [-0.25, -0.2) is 0 Å². The van der Waals surface area contributed by atoms with E-state index in [1.165, 1.54) is 0 Å². The summed E-state index contributed by atoms with van der Waals surface area (Å²) in [5.74, 6) is 1.58. The van der Waals surface area contributed by atoms with Crippen LogP contribution < -0.4 is 10.5 Å². The molecule has 0 saturated carbocycles. The van der Waals surface area contributed by atoms with E-state index in [9.17, 15) is 0 Å². The summed E-state index contributed by atoms with van der Waals surface area (Å²) in [6, 6.07) is 11.7. The fourth-order valence-electron chi connectivity index (χ4n) is 1.96. The predicted octanol–water partition coefficient (Wildman–Crippen LogP) is 5.09.